The van der Waals surface area contributed by atoms with Gasteiger partial charge in [0.15, 0.2) is 11.7 Å². The Balaban J connectivity index is 2.29. The zero-order chi connectivity index (χ0) is 19.1. The third-order valence-electron chi connectivity index (χ3n) is 3.53. The highest BCUT2D eigenvalue weighted by Crippen LogP contribution is 2.27. The Labute approximate surface area is 156 Å². The fourth-order valence-corrected chi connectivity index (χ4v) is 2.49. The molecule has 0 unspecified atom stereocenters. The molecule has 0 saturated carbocycles. The van der Waals surface area contributed by atoms with Crippen LogP contribution in [0, 0.1) is 17.2 Å². The predicted octanol–water partition coefficient (Wildman–Crippen LogP) is 3.71. The highest BCUT2D eigenvalue weighted by atomic mass is 35.5. The maximum atomic E-state index is 12.7. The molecule has 1 N–H and O–H groups in total. The van der Waals surface area contributed by atoms with Crippen LogP contribution in [-0.4, -0.2) is 25.4 Å². The summed E-state index contributed by atoms with van der Waals surface area (Å²) in [5.74, 6) is -2.32. The number of anilines is 1. The first-order valence-electron chi connectivity index (χ1n) is 7.81. The number of hydrogen-bond donors (Lipinski definition) is 1. The average molecular weight is 373 g/mol. The molecule has 0 saturated heterocycles. The number of ether oxygens (including phenoxy) is 2. The fourth-order valence-electron chi connectivity index (χ4n) is 2.32. The van der Waals surface area contributed by atoms with Crippen molar-refractivity contribution in [2.24, 2.45) is 5.92 Å². The molecule has 0 aliphatic rings. The number of carbonyl (C=O) groups is 2. The summed E-state index contributed by atoms with van der Waals surface area (Å²) in [6.07, 6.45) is 0. The summed E-state index contributed by atoms with van der Waals surface area (Å²) >= 11 is 5.92. The number of nitrogens with one attached hydrogen (secondary N) is 1. The molecule has 1 amide bonds. The smallest absolute Gasteiger partial charge is 0.249 e. The van der Waals surface area contributed by atoms with E-state index in [4.69, 9.17) is 21.1 Å². The van der Waals surface area contributed by atoms with E-state index in [1.54, 1.807) is 36.4 Å². The van der Waals surface area contributed by atoms with Gasteiger partial charge in [-0.25, -0.2) is 0 Å². The summed E-state index contributed by atoms with van der Waals surface area (Å²) in [4.78, 5) is 25.2. The van der Waals surface area contributed by atoms with E-state index in [-0.39, 0.29) is 11.3 Å². The van der Waals surface area contributed by atoms with Crippen LogP contribution in [0.3, 0.4) is 0 Å². The third kappa shape index (κ3) is 4.32. The van der Waals surface area contributed by atoms with Crippen molar-refractivity contribution in [2.45, 2.75) is 6.92 Å². The predicted molar refractivity (Wildman–Crippen MR) is 97.7 cm³/mol. The van der Waals surface area contributed by atoms with E-state index in [0.717, 1.165) is 0 Å². The molecule has 26 heavy (non-hydrogen) atoms. The van der Waals surface area contributed by atoms with Gasteiger partial charge >= 0.3 is 0 Å². The summed E-state index contributed by atoms with van der Waals surface area (Å²) in [5, 5.41) is 12.2. The molecule has 2 rings (SSSR count). The van der Waals surface area contributed by atoms with Crippen molar-refractivity contribution in [3.05, 3.63) is 53.1 Å². The van der Waals surface area contributed by atoms with Crippen LogP contribution in [0.2, 0.25) is 5.02 Å². The largest absolute Gasteiger partial charge is 0.496 e. The molecule has 0 bridgehead atoms. The Morgan fingerprint density at radius 3 is 2.62 bits per heavy atom. The van der Waals surface area contributed by atoms with Crippen LogP contribution in [0.1, 0.15) is 17.3 Å². The van der Waals surface area contributed by atoms with Gasteiger partial charge in [-0.05, 0) is 37.3 Å². The average Bonchev–Trinajstić information content (AvgIpc) is 2.64. The number of methoxy groups -OCH3 is 1. The number of benzene rings is 2. The number of carbonyl (C=O) groups excluding carboxylic acids is 2. The summed E-state index contributed by atoms with van der Waals surface area (Å²) < 4.78 is 10.6. The zero-order valence-corrected chi connectivity index (χ0v) is 15.0. The van der Waals surface area contributed by atoms with Gasteiger partial charge in [-0.2, -0.15) is 5.26 Å². The minimum absolute atomic E-state index is 0.0693. The van der Waals surface area contributed by atoms with Crippen molar-refractivity contribution in [3.63, 3.8) is 0 Å². The second kappa shape index (κ2) is 8.88. The Bertz CT molecular complexity index is 861. The molecule has 2 aromatic carbocycles. The SMILES string of the molecule is CCOc1ccccc1NC(=O)[C@H](C#N)C(=O)c1cc(Cl)ccc1OC. The molecule has 2 aromatic rings. The van der Waals surface area contributed by atoms with Gasteiger partial charge in [0, 0.05) is 5.02 Å². The minimum atomic E-state index is -1.56. The summed E-state index contributed by atoms with van der Waals surface area (Å²) in [5.41, 5.74) is 0.449. The lowest BCUT2D eigenvalue weighted by molar-refractivity contribution is -0.117. The quantitative estimate of drug-likeness (QED) is 0.591. The number of nitrogens with zero attached hydrogens (tertiary/aromatic N) is 1. The van der Waals surface area contributed by atoms with Gasteiger partial charge in [0.25, 0.3) is 0 Å². The first-order chi connectivity index (χ1) is 12.5. The van der Waals surface area contributed by atoms with Crippen molar-refractivity contribution in [1.29, 1.82) is 5.26 Å². The number of rotatable bonds is 7. The summed E-state index contributed by atoms with van der Waals surface area (Å²) in [6.45, 7) is 2.22. The number of halogens is 1. The molecule has 6 nitrogen and oxygen atoms in total. The molecule has 0 heterocycles. The molecule has 134 valence electrons. The molecule has 0 aromatic heterocycles. The van der Waals surface area contributed by atoms with Gasteiger partial charge in [0.1, 0.15) is 11.5 Å². The topological polar surface area (TPSA) is 88.4 Å². The monoisotopic (exact) mass is 372 g/mol. The van der Waals surface area contributed by atoms with Crippen molar-refractivity contribution in [3.8, 4) is 17.6 Å². The van der Waals surface area contributed by atoms with Gasteiger partial charge in [0.05, 0.1) is 31.0 Å². The first kappa shape index (κ1) is 19.3. The number of para-hydroxylation sites is 2. The Kier molecular flexibility index (Phi) is 6.59. The molecule has 0 fully saturated rings. The van der Waals surface area contributed by atoms with E-state index in [2.05, 4.69) is 5.32 Å². The van der Waals surface area contributed by atoms with Crippen LogP contribution in [0.15, 0.2) is 42.5 Å². The van der Waals surface area contributed by atoms with E-state index in [1.165, 1.54) is 19.2 Å². The molecule has 1 atom stereocenters. The number of ketones is 1. The number of Topliss-reactive ketones (excluding diaryl/α,β-unsaturated/α-hetero) is 1. The molecule has 7 heteroatoms. The van der Waals surface area contributed by atoms with Crippen LogP contribution < -0.4 is 14.8 Å². The lowest BCUT2D eigenvalue weighted by atomic mass is 9.97. The van der Waals surface area contributed by atoms with Crippen molar-refractivity contribution < 1.29 is 19.1 Å². The maximum Gasteiger partial charge on any atom is 0.249 e. The van der Waals surface area contributed by atoms with Crippen LogP contribution in [0.4, 0.5) is 5.69 Å². The highest BCUT2D eigenvalue weighted by Gasteiger charge is 2.30. The van der Waals surface area contributed by atoms with Crippen LogP contribution in [0.25, 0.3) is 0 Å². The lowest BCUT2D eigenvalue weighted by Gasteiger charge is -2.14. The van der Waals surface area contributed by atoms with Crippen molar-refractivity contribution in [1.82, 2.24) is 0 Å². The third-order valence-corrected chi connectivity index (χ3v) is 3.76. The Morgan fingerprint density at radius 1 is 1.23 bits per heavy atom. The van der Waals surface area contributed by atoms with Gasteiger partial charge in [-0.3, -0.25) is 9.59 Å². The standard InChI is InChI=1S/C19H17ClN2O4/c1-3-26-17-7-5-4-6-15(17)22-19(24)14(11-21)18(23)13-10-12(20)8-9-16(13)25-2/h4-10,14H,3H2,1-2H3,(H,22,24)/t14-/m1/s1. The second-order valence-corrected chi connectivity index (χ2v) is 5.63. The van der Waals surface area contributed by atoms with E-state index >= 15 is 0 Å². The molecule has 0 spiro atoms. The number of amides is 1. The highest BCUT2D eigenvalue weighted by molar-refractivity contribution is 6.31. The molecule has 0 aliphatic carbocycles. The number of hydrogen-bond acceptors (Lipinski definition) is 5. The molecular weight excluding hydrogens is 356 g/mol. The normalized spacial score (nSPS) is 11.2. The van der Waals surface area contributed by atoms with Gasteiger partial charge < -0.3 is 14.8 Å². The molecular formula is C19H17ClN2O4. The van der Waals surface area contributed by atoms with E-state index in [1.807, 2.05) is 6.92 Å². The van der Waals surface area contributed by atoms with E-state index in [9.17, 15) is 14.9 Å². The van der Waals surface area contributed by atoms with Crippen molar-refractivity contribution >= 4 is 29.0 Å². The summed E-state index contributed by atoms with van der Waals surface area (Å²) in [6, 6.07) is 12.9. The van der Waals surface area contributed by atoms with Gasteiger partial charge in [-0.1, -0.05) is 23.7 Å². The van der Waals surface area contributed by atoms with Gasteiger partial charge in [0.2, 0.25) is 5.91 Å². The van der Waals surface area contributed by atoms with E-state index in [0.29, 0.717) is 23.1 Å². The minimum Gasteiger partial charge on any atom is -0.496 e. The zero-order valence-electron chi connectivity index (χ0n) is 14.3. The Morgan fingerprint density at radius 2 is 1.96 bits per heavy atom. The summed E-state index contributed by atoms with van der Waals surface area (Å²) in [7, 11) is 1.39. The van der Waals surface area contributed by atoms with Crippen LogP contribution in [0.5, 0.6) is 11.5 Å². The molecule has 0 radical (unpaired) electrons. The maximum absolute atomic E-state index is 12.7. The molecule has 0 aliphatic heterocycles. The van der Waals surface area contributed by atoms with Crippen LogP contribution in [-0.2, 0) is 4.79 Å². The number of nitriles is 1. The van der Waals surface area contributed by atoms with E-state index < -0.39 is 17.6 Å². The lowest BCUT2D eigenvalue weighted by Crippen LogP contribution is -2.29. The fraction of sp³-hybridized carbons (Fsp3) is 0.211. The van der Waals surface area contributed by atoms with Gasteiger partial charge in [-0.15, -0.1) is 0 Å². The van der Waals surface area contributed by atoms with Crippen LogP contribution >= 0.6 is 11.6 Å². The second-order valence-electron chi connectivity index (χ2n) is 5.19. The Hall–Kier alpha value is -3.04. The first-order valence-corrected chi connectivity index (χ1v) is 8.19. The van der Waals surface area contributed by atoms with Crippen molar-refractivity contribution in [2.75, 3.05) is 19.0 Å².